The summed E-state index contributed by atoms with van der Waals surface area (Å²) in [5.74, 6) is -0.933. The number of aromatic nitrogens is 2. The molecule has 22 heavy (non-hydrogen) atoms. The van der Waals surface area contributed by atoms with Crippen molar-refractivity contribution in [2.24, 2.45) is 0 Å². The Morgan fingerprint density at radius 1 is 1.14 bits per heavy atom. The average Bonchev–Trinajstić information content (AvgIpc) is 2.49. The summed E-state index contributed by atoms with van der Waals surface area (Å²) in [4.78, 5) is 19.9. The van der Waals surface area contributed by atoms with E-state index < -0.39 is 5.97 Å². The topological polar surface area (TPSA) is 63.1 Å². The first-order valence-corrected chi connectivity index (χ1v) is 7.07. The first-order chi connectivity index (χ1) is 10.5. The van der Waals surface area contributed by atoms with Crippen LogP contribution in [0.3, 0.4) is 0 Å². The number of carboxylic acids is 1. The van der Waals surface area contributed by atoms with Gasteiger partial charge in [0.1, 0.15) is 0 Å². The zero-order chi connectivity index (χ0) is 15.7. The molecule has 0 radical (unpaired) electrons. The number of rotatable bonds is 3. The number of aromatic carboxylic acids is 1. The highest BCUT2D eigenvalue weighted by Crippen LogP contribution is 2.21. The summed E-state index contributed by atoms with van der Waals surface area (Å²) >= 11 is 0. The van der Waals surface area contributed by atoms with E-state index in [0.717, 1.165) is 23.2 Å². The Labute approximate surface area is 128 Å². The van der Waals surface area contributed by atoms with Crippen LogP contribution in [0.2, 0.25) is 0 Å². The van der Waals surface area contributed by atoms with Crippen molar-refractivity contribution in [2.45, 2.75) is 20.3 Å². The molecule has 2 aromatic heterocycles. The van der Waals surface area contributed by atoms with Crippen molar-refractivity contribution >= 4 is 16.9 Å². The van der Waals surface area contributed by atoms with Crippen molar-refractivity contribution in [3.05, 3.63) is 70.7 Å². The molecule has 0 aliphatic carbocycles. The molecule has 0 spiro atoms. The van der Waals surface area contributed by atoms with Crippen LogP contribution in [0, 0.1) is 13.8 Å². The third kappa shape index (κ3) is 2.68. The van der Waals surface area contributed by atoms with Crippen LogP contribution >= 0.6 is 0 Å². The fraction of sp³-hybridized carbons (Fsp3) is 0.167. The molecule has 0 aliphatic heterocycles. The fourth-order valence-corrected chi connectivity index (χ4v) is 2.62. The predicted molar refractivity (Wildman–Crippen MR) is 85.2 cm³/mol. The van der Waals surface area contributed by atoms with Crippen molar-refractivity contribution < 1.29 is 9.90 Å². The summed E-state index contributed by atoms with van der Waals surface area (Å²) in [7, 11) is 0. The van der Waals surface area contributed by atoms with Gasteiger partial charge in [0, 0.05) is 23.5 Å². The van der Waals surface area contributed by atoms with E-state index in [9.17, 15) is 9.90 Å². The number of carbonyl (C=O) groups is 1. The van der Waals surface area contributed by atoms with Gasteiger partial charge in [-0.2, -0.15) is 0 Å². The summed E-state index contributed by atoms with van der Waals surface area (Å²) in [6, 6.07) is 9.35. The molecule has 0 amide bonds. The number of hydrogen-bond donors (Lipinski definition) is 1. The molecule has 0 bridgehead atoms. The number of fused-ring (bicyclic) bond motifs is 1. The lowest BCUT2D eigenvalue weighted by molar-refractivity contribution is 0.0699. The molecule has 1 N–H and O–H groups in total. The Bertz CT molecular complexity index is 872. The lowest BCUT2D eigenvalue weighted by atomic mass is 9.99. The van der Waals surface area contributed by atoms with E-state index in [1.54, 1.807) is 0 Å². The normalized spacial score (nSPS) is 10.8. The third-order valence-electron chi connectivity index (χ3n) is 3.79. The van der Waals surface area contributed by atoms with Crippen LogP contribution in [-0.2, 0) is 6.42 Å². The number of nitrogens with zero attached hydrogens (tertiary/aromatic N) is 2. The Hall–Kier alpha value is -2.75. The van der Waals surface area contributed by atoms with Crippen molar-refractivity contribution in [2.75, 3.05) is 0 Å². The SMILES string of the molecule is Cc1cc(C)c(Cc2ccc3nccc(C(=O)O)c3c2)cn1. The van der Waals surface area contributed by atoms with Crippen LogP contribution in [-0.4, -0.2) is 21.0 Å². The molecular formula is C18H16N2O2. The number of pyridine rings is 2. The highest BCUT2D eigenvalue weighted by molar-refractivity contribution is 6.02. The molecule has 0 unspecified atom stereocenters. The number of benzene rings is 1. The number of aryl methyl sites for hydroxylation is 2. The van der Waals surface area contributed by atoms with E-state index in [4.69, 9.17) is 0 Å². The van der Waals surface area contributed by atoms with E-state index in [1.807, 2.05) is 31.3 Å². The van der Waals surface area contributed by atoms with Gasteiger partial charge in [-0.15, -0.1) is 0 Å². The van der Waals surface area contributed by atoms with Crippen molar-refractivity contribution in [1.82, 2.24) is 9.97 Å². The molecule has 3 aromatic rings. The van der Waals surface area contributed by atoms with Crippen LogP contribution in [0.25, 0.3) is 10.9 Å². The molecule has 0 saturated carbocycles. The lowest BCUT2D eigenvalue weighted by Gasteiger charge is -2.08. The zero-order valence-electron chi connectivity index (χ0n) is 12.5. The average molecular weight is 292 g/mol. The van der Waals surface area contributed by atoms with E-state index >= 15 is 0 Å². The van der Waals surface area contributed by atoms with Gasteiger partial charge in [0.05, 0.1) is 11.1 Å². The van der Waals surface area contributed by atoms with E-state index in [-0.39, 0.29) is 5.56 Å². The van der Waals surface area contributed by atoms with Gasteiger partial charge in [-0.3, -0.25) is 9.97 Å². The van der Waals surface area contributed by atoms with Crippen LogP contribution in [0.15, 0.2) is 42.7 Å². The summed E-state index contributed by atoms with van der Waals surface area (Å²) in [6.45, 7) is 4.03. The zero-order valence-corrected chi connectivity index (χ0v) is 12.5. The molecule has 4 nitrogen and oxygen atoms in total. The van der Waals surface area contributed by atoms with Gasteiger partial charge in [-0.1, -0.05) is 6.07 Å². The Balaban J connectivity index is 2.04. The van der Waals surface area contributed by atoms with Crippen molar-refractivity contribution in [3.8, 4) is 0 Å². The molecule has 0 atom stereocenters. The predicted octanol–water partition coefficient (Wildman–Crippen LogP) is 3.54. The Kier molecular flexibility index (Phi) is 3.59. The summed E-state index contributed by atoms with van der Waals surface area (Å²) < 4.78 is 0. The van der Waals surface area contributed by atoms with E-state index in [0.29, 0.717) is 10.9 Å². The second-order valence-corrected chi connectivity index (χ2v) is 5.44. The monoisotopic (exact) mass is 292 g/mol. The van der Waals surface area contributed by atoms with Crippen LogP contribution in [0.1, 0.15) is 32.7 Å². The van der Waals surface area contributed by atoms with Crippen LogP contribution < -0.4 is 0 Å². The van der Waals surface area contributed by atoms with E-state index in [1.165, 1.54) is 17.8 Å². The molecule has 0 aliphatic rings. The standard InChI is InChI=1S/C18H16N2O2/c1-11-7-12(2)20-10-14(11)8-13-3-4-17-16(9-13)15(18(21)22)5-6-19-17/h3-7,9-10H,8H2,1-2H3,(H,21,22). The maximum Gasteiger partial charge on any atom is 0.336 e. The molecule has 0 saturated heterocycles. The molecule has 110 valence electrons. The molecule has 3 rings (SSSR count). The highest BCUT2D eigenvalue weighted by Gasteiger charge is 2.10. The minimum absolute atomic E-state index is 0.283. The maximum absolute atomic E-state index is 11.3. The van der Waals surface area contributed by atoms with Gasteiger partial charge >= 0.3 is 5.97 Å². The van der Waals surface area contributed by atoms with E-state index in [2.05, 4.69) is 23.0 Å². The van der Waals surface area contributed by atoms with Gasteiger partial charge in [0.25, 0.3) is 0 Å². The van der Waals surface area contributed by atoms with Gasteiger partial charge < -0.3 is 5.11 Å². The summed E-state index contributed by atoms with van der Waals surface area (Å²) in [5.41, 5.74) is 5.37. The minimum atomic E-state index is -0.933. The highest BCUT2D eigenvalue weighted by atomic mass is 16.4. The molecule has 1 aromatic carbocycles. The summed E-state index contributed by atoms with van der Waals surface area (Å²) in [5, 5.41) is 9.97. The Morgan fingerprint density at radius 3 is 2.68 bits per heavy atom. The third-order valence-corrected chi connectivity index (χ3v) is 3.79. The van der Waals surface area contributed by atoms with Crippen molar-refractivity contribution in [1.29, 1.82) is 0 Å². The van der Waals surface area contributed by atoms with Crippen LogP contribution in [0.4, 0.5) is 0 Å². The quantitative estimate of drug-likeness (QED) is 0.802. The lowest BCUT2D eigenvalue weighted by Crippen LogP contribution is -2.00. The molecule has 4 heteroatoms. The van der Waals surface area contributed by atoms with Crippen LogP contribution in [0.5, 0.6) is 0 Å². The molecule has 2 heterocycles. The second-order valence-electron chi connectivity index (χ2n) is 5.44. The largest absolute Gasteiger partial charge is 0.478 e. The smallest absolute Gasteiger partial charge is 0.336 e. The van der Waals surface area contributed by atoms with Gasteiger partial charge in [0.15, 0.2) is 0 Å². The van der Waals surface area contributed by atoms with Gasteiger partial charge in [-0.25, -0.2) is 4.79 Å². The van der Waals surface area contributed by atoms with Crippen molar-refractivity contribution in [3.63, 3.8) is 0 Å². The first kappa shape index (κ1) is 14.2. The van der Waals surface area contributed by atoms with Gasteiger partial charge in [-0.05, 0) is 61.2 Å². The number of hydrogen-bond acceptors (Lipinski definition) is 3. The fourth-order valence-electron chi connectivity index (χ4n) is 2.62. The first-order valence-electron chi connectivity index (χ1n) is 7.07. The Morgan fingerprint density at radius 2 is 1.95 bits per heavy atom. The summed E-state index contributed by atoms with van der Waals surface area (Å²) in [6.07, 6.45) is 4.14. The van der Waals surface area contributed by atoms with Gasteiger partial charge in [0.2, 0.25) is 0 Å². The minimum Gasteiger partial charge on any atom is -0.478 e. The molecule has 0 fully saturated rings. The number of carboxylic acid groups (broad SMARTS) is 1. The molecular weight excluding hydrogens is 276 g/mol. The second kappa shape index (κ2) is 5.56. The maximum atomic E-state index is 11.3.